The van der Waals surface area contributed by atoms with E-state index in [-0.39, 0.29) is 11.8 Å². The highest BCUT2D eigenvalue weighted by molar-refractivity contribution is 6.25. The van der Waals surface area contributed by atoms with Gasteiger partial charge in [-0.1, -0.05) is 26.0 Å². The number of ether oxygens (including phenoxy) is 1. The fourth-order valence-electron chi connectivity index (χ4n) is 5.76. The zero-order chi connectivity index (χ0) is 27.0. The first kappa shape index (κ1) is 25.8. The third kappa shape index (κ3) is 4.01. The average molecular weight is 518 g/mol. The van der Waals surface area contributed by atoms with Crippen molar-refractivity contribution >= 4 is 34.4 Å². The van der Waals surface area contributed by atoms with E-state index in [1.807, 2.05) is 18.2 Å². The Bertz CT molecular complexity index is 1390. The van der Waals surface area contributed by atoms with E-state index in [0.717, 1.165) is 48.3 Å². The Morgan fingerprint density at radius 3 is 2.66 bits per heavy atom. The number of anilines is 1. The SMILES string of the molecule is CCN(CC)CCCNC(=O)c1ccccc1N1C(=O)N2CCc3c([nH]c4ccc(OC)cc34)C2(C)C1=O. The van der Waals surface area contributed by atoms with Gasteiger partial charge in [-0.15, -0.1) is 0 Å². The predicted octanol–water partition coefficient (Wildman–Crippen LogP) is 3.88. The third-order valence-electron chi connectivity index (χ3n) is 7.99. The molecule has 3 heterocycles. The number of fused-ring (bicyclic) bond motifs is 5. The van der Waals surface area contributed by atoms with E-state index in [1.54, 1.807) is 43.2 Å². The van der Waals surface area contributed by atoms with Gasteiger partial charge in [-0.05, 0) is 75.3 Å². The topological polar surface area (TPSA) is 98.0 Å². The van der Waals surface area contributed by atoms with Crippen molar-refractivity contribution in [1.29, 1.82) is 0 Å². The zero-order valence-electron chi connectivity index (χ0n) is 22.5. The summed E-state index contributed by atoms with van der Waals surface area (Å²) < 4.78 is 5.41. The van der Waals surface area contributed by atoms with Crippen LogP contribution in [0.1, 0.15) is 48.8 Å². The minimum absolute atomic E-state index is 0.297. The van der Waals surface area contributed by atoms with Crippen molar-refractivity contribution in [2.45, 2.75) is 39.2 Å². The molecule has 0 spiro atoms. The molecule has 0 aliphatic carbocycles. The number of carbonyl (C=O) groups is 3. The molecule has 5 rings (SSSR count). The molecule has 2 N–H and O–H groups in total. The van der Waals surface area contributed by atoms with Crippen LogP contribution in [0.2, 0.25) is 0 Å². The van der Waals surface area contributed by atoms with Gasteiger partial charge in [-0.2, -0.15) is 0 Å². The number of hydrogen-bond donors (Lipinski definition) is 2. The second-order valence-corrected chi connectivity index (χ2v) is 9.94. The normalized spacial score (nSPS) is 18.8. The van der Waals surface area contributed by atoms with Gasteiger partial charge in [0, 0.05) is 24.0 Å². The van der Waals surface area contributed by atoms with E-state index in [2.05, 4.69) is 29.0 Å². The van der Waals surface area contributed by atoms with Crippen LogP contribution in [0, 0.1) is 0 Å². The Kier molecular flexibility index (Phi) is 6.88. The Hall–Kier alpha value is -3.85. The summed E-state index contributed by atoms with van der Waals surface area (Å²) in [5, 5.41) is 3.96. The minimum atomic E-state index is -1.20. The molecule has 4 amide bonds. The first-order chi connectivity index (χ1) is 18.3. The van der Waals surface area contributed by atoms with E-state index in [0.29, 0.717) is 36.5 Å². The van der Waals surface area contributed by atoms with Gasteiger partial charge in [-0.25, -0.2) is 9.69 Å². The molecule has 1 aromatic heterocycles. The molecule has 1 unspecified atom stereocenters. The lowest BCUT2D eigenvalue weighted by Gasteiger charge is -2.35. The van der Waals surface area contributed by atoms with Gasteiger partial charge in [0.2, 0.25) is 0 Å². The number of rotatable bonds is 9. The van der Waals surface area contributed by atoms with Crippen LogP contribution >= 0.6 is 0 Å². The number of hydrogen-bond acceptors (Lipinski definition) is 5. The fourth-order valence-corrected chi connectivity index (χ4v) is 5.76. The van der Waals surface area contributed by atoms with Crippen molar-refractivity contribution in [3.63, 3.8) is 0 Å². The van der Waals surface area contributed by atoms with Crippen LogP contribution in [0.25, 0.3) is 10.9 Å². The fraction of sp³-hybridized carbons (Fsp3) is 0.414. The monoisotopic (exact) mass is 517 g/mol. The van der Waals surface area contributed by atoms with Gasteiger partial charge in [0.1, 0.15) is 5.75 Å². The first-order valence-electron chi connectivity index (χ1n) is 13.3. The maximum atomic E-state index is 14.1. The lowest BCUT2D eigenvalue weighted by molar-refractivity contribution is -0.125. The molecule has 1 atom stereocenters. The molecule has 200 valence electrons. The van der Waals surface area contributed by atoms with E-state index < -0.39 is 11.6 Å². The number of para-hydroxylation sites is 1. The second-order valence-electron chi connectivity index (χ2n) is 9.94. The number of imide groups is 1. The molecule has 38 heavy (non-hydrogen) atoms. The average Bonchev–Trinajstić information content (AvgIpc) is 3.41. The number of carbonyl (C=O) groups excluding carboxylic acids is 3. The minimum Gasteiger partial charge on any atom is -0.497 e. The summed E-state index contributed by atoms with van der Waals surface area (Å²) in [6, 6.07) is 12.2. The molecular formula is C29H35N5O4. The number of nitrogens with zero attached hydrogens (tertiary/aromatic N) is 3. The highest BCUT2D eigenvalue weighted by Gasteiger charge is 2.59. The number of aromatic nitrogens is 1. The van der Waals surface area contributed by atoms with Crippen LogP contribution in [0.5, 0.6) is 5.75 Å². The Morgan fingerprint density at radius 1 is 1.16 bits per heavy atom. The van der Waals surface area contributed by atoms with Crippen molar-refractivity contribution in [2.24, 2.45) is 0 Å². The number of nitrogens with one attached hydrogen (secondary N) is 2. The van der Waals surface area contributed by atoms with Crippen molar-refractivity contribution in [2.75, 3.05) is 44.7 Å². The zero-order valence-corrected chi connectivity index (χ0v) is 22.5. The molecule has 9 nitrogen and oxygen atoms in total. The Balaban J connectivity index is 1.44. The van der Waals surface area contributed by atoms with Crippen molar-refractivity contribution in [3.8, 4) is 5.75 Å². The third-order valence-corrected chi connectivity index (χ3v) is 7.99. The molecule has 2 aliphatic heterocycles. The summed E-state index contributed by atoms with van der Waals surface area (Å²) in [5.41, 5.74) is 2.03. The number of urea groups is 1. The van der Waals surface area contributed by atoms with Crippen LogP contribution in [0.3, 0.4) is 0 Å². The summed E-state index contributed by atoms with van der Waals surface area (Å²) >= 11 is 0. The maximum absolute atomic E-state index is 14.1. The number of H-pyrrole nitrogens is 1. The van der Waals surface area contributed by atoms with Gasteiger partial charge < -0.3 is 24.8 Å². The van der Waals surface area contributed by atoms with Gasteiger partial charge in [0.25, 0.3) is 11.8 Å². The quantitative estimate of drug-likeness (QED) is 0.332. The number of amides is 4. The summed E-state index contributed by atoms with van der Waals surface area (Å²) in [4.78, 5) is 49.5. The molecule has 1 saturated heterocycles. The van der Waals surface area contributed by atoms with Gasteiger partial charge in [0.05, 0.1) is 24.1 Å². The summed E-state index contributed by atoms with van der Waals surface area (Å²) in [6.45, 7) is 9.75. The molecule has 9 heteroatoms. The lowest BCUT2D eigenvalue weighted by Crippen LogP contribution is -2.49. The number of benzene rings is 2. The maximum Gasteiger partial charge on any atom is 0.332 e. The first-order valence-corrected chi connectivity index (χ1v) is 13.3. The molecule has 3 aromatic rings. The molecule has 2 aromatic carbocycles. The smallest absolute Gasteiger partial charge is 0.332 e. The Labute approximate surface area is 222 Å². The highest BCUT2D eigenvalue weighted by atomic mass is 16.5. The van der Waals surface area contributed by atoms with Crippen LogP contribution in [-0.4, -0.2) is 72.5 Å². The molecule has 0 saturated carbocycles. The number of aromatic amines is 1. The van der Waals surface area contributed by atoms with E-state index in [1.165, 1.54) is 4.90 Å². The summed E-state index contributed by atoms with van der Waals surface area (Å²) in [7, 11) is 1.62. The molecule has 2 aliphatic rings. The van der Waals surface area contributed by atoms with Crippen LogP contribution in [0.15, 0.2) is 42.5 Å². The van der Waals surface area contributed by atoms with Crippen LogP contribution < -0.4 is 15.0 Å². The molecule has 1 fully saturated rings. The van der Waals surface area contributed by atoms with Crippen molar-refractivity contribution in [3.05, 3.63) is 59.3 Å². The van der Waals surface area contributed by atoms with Crippen molar-refractivity contribution < 1.29 is 19.1 Å². The number of methoxy groups -OCH3 is 1. The lowest BCUT2D eigenvalue weighted by atomic mass is 9.87. The van der Waals surface area contributed by atoms with Crippen LogP contribution in [0.4, 0.5) is 10.5 Å². The van der Waals surface area contributed by atoms with E-state index >= 15 is 0 Å². The molecule has 0 bridgehead atoms. The highest BCUT2D eigenvalue weighted by Crippen LogP contribution is 2.46. The summed E-state index contributed by atoms with van der Waals surface area (Å²) in [6.07, 6.45) is 1.43. The Morgan fingerprint density at radius 2 is 1.92 bits per heavy atom. The predicted molar refractivity (Wildman–Crippen MR) is 147 cm³/mol. The van der Waals surface area contributed by atoms with E-state index in [4.69, 9.17) is 4.74 Å². The van der Waals surface area contributed by atoms with Gasteiger partial charge in [-0.3, -0.25) is 9.59 Å². The van der Waals surface area contributed by atoms with Crippen molar-refractivity contribution in [1.82, 2.24) is 20.1 Å². The van der Waals surface area contributed by atoms with Gasteiger partial charge >= 0.3 is 6.03 Å². The van der Waals surface area contributed by atoms with E-state index in [9.17, 15) is 14.4 Å². The largest absolute Gasteiger partial charge is 0.497 e. The van der Waals surface area contributed by atoms with Crippen LogP contribution in [-0.2, 0) is 16.8 Å². The molecular weight excluding hydrogens is 482 g/mol. The summed E-state index contributed by atoms with van der Waals surface area (Å²) in [5.74, 6) is 0.0669. The second kappa shape index (κ2) is 10.1. The molecule has 0 radical (unpaired) electrons. The van der Waals surface area contributed by atoms with Gasteiger partial charge in [0.15, 0.2) is 5.54 Å². The standard InChI is InChI=1S/C29H35N5O4/c1-5-32(6-2)16-9-15-30-26(35)21-10-7-8-11-24(21)34-27(36)29(3)25-20(14-17-33(29)28(34)37)22-18-19(38-4)12-13-23(22)31-25/h7-8,10-13,18,31H,5-6,9,14-17H2,1-4H3,(H,30,35).